The number of esters is 1. The van der Waals surface area contributed by atoms with E-state index in [0.717, 1.165) is 11.6 Å². The van der Waals surface area contributed by atoms with Gasteiger partial charge in [-0.3, -0.25) is 0 Å². The van der Waals surface area contributed by atoms with Crippen molar-refractivity contribution in [3.8, 4) is 5.88 Å². The molecule has 5 heteroatoms. The highest BCUT2D eigenvalue weighted by Gasteiger charge is 2.01. The van der Waals surface area contributed by atoms with E-state index < -0.39 is 5.97 Å². The zero-order valence-electron chi connectivity index (χ0n) is 8.76. The van der Waals surface area contributed by atoms with Gasteiger partial charge in [-0.15, -0.1) is 12.4 Å². The monoisotopic (exact) mass is 243 g/mol. The number of hydrogen-bond acceptors (Lipinski definition) is 4. The van der Waals surface area contributed by atoms with Gasteiger partial charge in [0, 0.05) is 17.8 Å². The molecule has 1 aromatic heterocycles. The molecule has 4 nitrogen and oxygen atoms in total. The van der Waals surface area contributed by atoms with Gasteiger partial charge in [0.2, 0.25) is 5.88 Å². The molecule has 0 aliphatic heterocycles. The standard InChI is InChI=1S/C11H13NO3.ClH/c1-2-10(13)15-8-4-6-9-5-3-7-12-11(9)14;/h2-3,5,7H,1,4,6,8H2,(H,12,14);1H. The molecule has 1 aromatic rings. The molecular weight excluding hydrogens is 230 g/mol. The number of nitrogens with zero attached hydrogens (tertiary/aromatic N) is 1. The lowest BCUT2D eigenvalue weighted by Gasteiger charge is -2.03. The normalized spacial score (nSPS) is 9.00. The van der Waals surface area contributed by atoms with Gasteiger partial charge in [0.1, 0.15) is 0 Å². The molecule has 0 atom stereocenters. The Bertz CT molecular complexity index is 355. The van der Waals surface area contributed by atoms with E-state index in [-0.39, 0.29) is 18.3 Å². The highest BCUT2D eigenvalue weighted by molar-refractivity contribution is 5.85. The van der Waals surface area contributed by atoms with Crippen molar-refractivity contribution >= 4 is 18.4 Å². The first-order valence-electron chi connectivity index (χ1n) is 4.66. The molecule has 0 unspecified atom stereocenters. The number of carbonyl (C=O) groups is 1. The van der Waals surface area contributed by atoms with Crippen LogP contribution in [0.1, 0.15) is 12.0 Å². The van der Waals surface area contributed by atoms with Crippen molar-refractivity contribution in [2.45, 2.75) is 12.8 Å². The number of aryl methyl sites for hydroxylation is 1. The second-order valence-electron chi connectivity index (χ2n) is 2.96. The molecule has 0 aromatic carbocycles. The maximum Gasteiger partial charge on any atom is 0.330 e. The molecule has 0 fully saturated rings. The molecule has 1 heterocycles. The van der Waals surface area contributed by atoms with Gasteiger partial charge in [0.05, 0.1) is 6.61 Å². The summed E-state index contributed by atoms with van der Waals surface area (Å²) in [4.78, 5) is 14.4. The highest BCUT2D eigenvalue weighted by Crippen LogP contribution is 2.13. The van der Waals surface area contributed by atoms with Crippen molar-refractivity contribution in [3.63, 3.8) is 0 Å². The van der Waals surface area contributed by atoms with Crippen LogP contribution >= 0.6 is 12.4 Å². The molecule has 0 aliphatic carbocycles. The van der Waals surface area contributed by atoms with Crippen LogP contribution in [0, 0.1) is 0 Å². The number of carbonyl (C=O) groups excluding carboxylic acids is 1. The Balaban J connectivity index is 0.00000225. The zero-order chi connectivity index (χ0) is 11.1. The summed E-state index contributed by atoms with van der Waals surface area (Å²) in [5.41, 5.74) is 0.757. The predicted octanol–water partition coefficient (Wildman–Crippen LogP) is 1.87. The molecular formula is C11H14ClNO3. The summed E-state index contributed by atoms with van der Waals surface area (Å²) in [5.74, 6) is -0.391. The van der Waals surface area contributed by atoms with Gasteiger partial charge >= 0.3 is 5.97 Å². The minimum atomic E-state index is -0.426. The molecule has 0 saturated heterocycles. The summed E-state index contributed by atoms with van der Waals surface area (Å²) in [7, 11) is 0. The van der Waals surface area contributed by atoms with E-state index in [0.29, 0.717) is 19.4 Å². The fourth-order valence-corrected chi connectivity index (χ4v) is 1.12. The molecule has 0 radical (unpaired) electrons. The van der Waals surface area contributed by atoms with Gasteiger partial charge in [-0.1, -0.05) is 12.6 Å². The van der Waals surface area contributed by atoms with Gasteiger partial charge in [-0.25, -0.2) is 9.78 Å². The summed E-state index contributed by atoms with van der Waals surface area (Å²) in [6.07, 6.45) is 3.93. The average molecular weight is 244 g/mol. The first-order chi connectivity index (χ1) is 7.24. The number of rotatable bonds is 5. The summed E-state index contributed by atoms with van der Waals surface area (Å²) in [6.45, 7) is 3.61. The van der Waals surface area contributed by atoms with Gasteiger partial charge in [-0.05, 0) is 18.9 Å². The van der Waals surface area contributed by atoms with Crippen LogP contribution in [0.2, 0.25) is 0 Å². The van der Waals surface area contributed by atoms with Crippen molar-refractivity contribution in [1.82, 2.24) is 4.98 Å². The Morgan fingerprint density at radius 1 is 1.62 bits per heavy atom. The Hall–Kier alpha value is -1.55. The fraction of sp³-hybridized carbons (Fsp3) is 0.273. The Morgan fingerprint density at radius 3 is 3.00 bits per heavy atom. The third-order valence-electron chi connectivity index (χ3n) is 1.87. The Kier molecular flexibility index (Phi) is 6.96. The minimum absolute atomic E-state index is 0. The molecule has 0 amide bonds. The molecule has 16 heavy (non-hydrogen) atoms. The van der Waals surface area contributed by atoms with Crippen LogP contribution in [0.25, 0.3) is 0 Å². The van der Waals surface area contributed by atoms with E-state index in [2.05, 4.69) is 11.6 Å². The van der Waals surface area contributed by atoms with Crippen LogP contribution in [-0.2, 0) is 16.0 Å². The third-order valence-corrected chi connectivity index (χ3v) is 1.87. The molecule has 1 N–H and O–H groups in total. The van der Waals surface area contributed by atoms with Crippen molar-refractivity contribution in [2.75, 3.05) is 6.61 Å². The van der Waals surface area contributed by atoms with E-state index in [4.69, 9.17) is 4.74 Å². The number of hydrogen-bond donors (Lipinski definition) is 1. The Morgan fingerprint density at radius 2 is 2.38 bits per heavy atom. The van der Waals surface area contributed by atoms with Gasteiger partial charge in [-0.2, -0.15) is 0 Å². The minimum Gasteiger partial charge on any atom is -0.493 e. The van der Waals surface area contributed by atoms with Crippen LogP contribution in [-0.4, -0.2) is 22.7 Å². The third kappa shape index (κ3) is 4.79. The molecule has 0 bridgehead atoms. The first-order valence-corrected chi connectivity index (χ1v) is 4.66. The molecule has 0 aliphatic rings. The van der Waals surface area contributed by atoms with Crippen molar-refractivity contribution in [3.05, 3.63) is 36.5 Å². The van der Waals surface area contributed by atoms with Crippen molar-refractivity contribution in [2.24, 2.45) is 0 Å². The second kappa shape index (κ2) is 7.70. The molecule has 0 spiro atoms. The summed E-state index contributed by atoms with van der Waals surface area (Å²) in [5, 5.41) is 9.33. The SMILES string of the molecule is C=CC(=O)OCCCc1cccnc1O.Cl. The van der Waals surface area contributed by atoms with Crippen LogP contribution in [0.3, 0.4) is 0 Å². The highest BCUT2D eigenvalue weighted by atomic mass is 35.5. The first kappa shape index (κ1) is 14.5. The molecule has 0 saturated carbocycles. The smallest absolute Gasteiger partial charge is 0.330 e. The maximum atomic E-state index is 10.7. The van der Waals surface area contributed by atoms with Crippen LogP contribution < -0.4 is 0 Å². The van der Waals surface area contributed by atoms with E-state index >= 15 is 0 Å². The number of pyridine rings is 1. The van der Waals surface area contributed by atoms with Crippen LogP contribution in [0.15, 0.2) is 31.0 Å². The lowest BCUT2D eigenvalue weighted by Crippen LogP contribution is -2.03. The number of halogens is 1. The topological polar surface area (TPSA) is 59.4 Å². The lowest BCUT2D eigenvalue weighted by atomic mass is 10.1. The summed E-state index contributed by atoms with van der Waals surface area (Å²) < 4.78 is 4.79. The summed E-state index contributed by atoms with van der Waals surface area (Å²) in [6, 6.07) is 3.54. The van der Waals surface area contributed by atoms with Crippen LogP contribution in [0.5, 0.6) is 5.88 Å². The average Bonchev–Trinajstić information content (AvgIpc) is 2.26. The molecule has 1 rings (SSSR count). The van der Waals surface area contributed by atoms with Crippen molar-refractivity contribution < 1.29 is 14.6 Å². The van der Waals surface area contributed by atoms with Gasteiger partial charge < -0.3 is 9.84 Å². The zero-order valence-corrected chi connectivity index (χ0v) is 9.57. The second-order valence-corrected chi connectivity index (χ2v) is 2.96. The Labute approximate surface area is 100 Å². The van der Waals surface area contributed by atoms with E-state index in [1.54, 1.807) is 12.1 Å². The number of ether oxygens (including phenoxy) is 1. The number of aromatic nitrogens is 1. The van der Waals surface area contributed by atoms with Crippen LogP contribution in [0.4, 0.5) is 0 Å². The number of aromatic hydroxyl groups is 1. The predicted molar refractivity (Wildman–Crippen MR) is 62.6 cm³/mol. The quantitative estimate of drug-likeness (QED) is 0.487. The van der Waals surface area contributed by atoms with Crippen molar-refractivity contribution in [1.29, 1.82) is 0 Å². The van der Waals surface area contributed by atoms with E-state index in [1.165, 1.54) is 6.20 Å². The van der Waals surface area contributed by atoms with Gasteiger partial charge in [0.15, 0.2) is 0 Å². The summed E-state index contributed by atoms with van der Waals surface area (Å²) >= 11 is 0. The lowest BCUT2D eigenvalue weighted by molar-refractivity contribution is -0.137. The molecule has 88 valence electrons. The largest absolute Gasteiger partial charge is 0.493 e. The van der Waals surface area contributed by atoms with Gasteiger partial charge in [0.25, 0.3) is 0 Å². The van der Waals surface area contributed by atoms with E-state index in [9.17, 15) is 9.90 Å². The fourth-order valence-electron chi connectivity index (χ4n) is 1.12. The van der Waals surface area contributed by atoms with E-state index in [1.807, 2.05) is 0 Å². The maximum absolute atomic E-state index is 10.7.